The third kappa shape index (κ3) is 7.01. The van der Waals surface area contributed by atoms with Crippen molar-refractivity contribution in [3.8, 4) is 5.75 Å². The minimum absolute atomic E-state index is 0.189. The van der Waals surface area contributed by atoms with E-state index in [1.165, 1.54) is 57.9 Å². The van der Waals surface area contributed by atoms with E-state index in [-0.39, 0.29) is 12.4 Å². The predicted molar refractivity (Wildman–Crippen MR) is 128 cm³/mol. The van der Waals surface area contributed by atoms with Gasteiger partial charge in [-0.1, -0.05) is 0 Å². The molecule has 2 rings (SSSR count). The van der Waals surface area contributed by atoms with Crippen LogP contribution in [0.3, 0.4) is 0 Å². The molecular weight excluding hydrogens is 480 g/mol. The molecule has 0 saturated heterocycles. The van der Waals surface area contributed by atoms with Crippen molar-refractivity contribution in [3.05, 3.63) is 65.3 Å². The van der Waals surface area contributed by atoms with Crippen LogP contribution in [0.4, 0.5) is 10.1 Å². The summed E-state index contributed by atoms with van der Waals surface area (Å²) < 4.78 is 26.0. The average Bonchev–Trinajstić information content (AvgIpc) is 2.78. The van der Waals surface area contributed by atoms with Gasteiger partial charge in [-0.2, -0.15) is 0 Å². The zero-order valence-electron chi connectivity index (χ0n) is 18.8. The van der Waals surface area contributed by atoms with Gasteiger partial charge >= 0.3 is 187 Å². The molecule has 0 heterocycles. The topological polar surface area (TPSA) is 13.6 Å². The van der Waals surface area contributed by atoms with E-state index >= 15 is 0 Å². The second kappa shape index (κ2) is 13.0. The van der Waals surface area contributed by atoms with E-state index in [0.29, 0.717) is 11.3 Å². The van der Waals surface area contributed by atoms with Crippen molar-refractivity contribution in [1.82, 2.24) is 0 Å². The minimum atomic E-state index is -2.50. The first-order chi connectivity index (χ1) is 14.6. The summed E-state index contributed by atoms with van der Waals surface area (Å²) in [5.74, 6) is 0.466. The molecular formula is C26H36FNOSn. The first-order valence-electron chi connectivity index (χ1n) is 11.5. The molecule has 0 aliphatic heterocycles. The van der Waals surface area contributed by atoms with E-state index in [2.05, 4.69) is 43.8 Å². The van der Waals surface area contributed by atoms with Crippen molar-refractivity contribution in [2.75, 3.05) is 0 Å². The molecule has 0 spiro atoms. The fraction of sp³-hybridized carbons (Fsp3) is 0.500. The van der Waals surface area contributed by atoms with Crippen LogP contribution in [0.5, 0.6) is 5.75 Å². The quantitative estimate of drug-likeness (QED) is 0.194. The van der Waals surface area contributed by atoms with Crippen LogP contribution >= 0.6 is 0 Å². The van der Waals surface area contributed by atoms with Crippen molar-refractivity contribution in [3.63, 3.8) is 0 Å². The molecule has 0 bridgehead atoms. The van der Waals surface area contributed by atoms with Crippen LogP contribution in [-0.4, -0.2) is 18.4 Å². The molecule has 0 aliphatic rings. The summed E-state index contributed by atoms with van der Waals surface area (Å²) in [5, 5.41) is 0. The van der Waals surface area contributed by atoms with Crippen LogP contribution in [-0.2, 0) is 6.61 Å². The molecule has 162 valence electrons. The van der Waals surface area contributed by atoms with E-state index in [9.17, 15) is 4.39 Å². The normalized spacial score (nSPS) is 11.3. The van der Waals surface area contributed by atoms with Gasteiger partial charge in [0.2, 0.25) is 0 Å². The molecule has 0 N–H and O–H groups in total. The van der Waals surface area contributed by atoms with Gasteiger partial charge in [-0.15, -0.1) is 0 Å². The number of hydrogen-bond donors (Lipinski definition) is 0. The van der Waals surface area contributed by atoms with Crippen molar-refractivity contribution in [2.24, 2.45) is 0 Å². The number of ether oxygens (including phenoxy) is 1. The summed E-state index contributed by atoms with van der Waals surface area (Å²) in [6, 6.07) is 13.3. The van der Waals surface area contributed by atoms with Crippen molar-refractivity contribution in [2.45, 2.75) is 79.2 Å². The van der Waals surface area contributed by atoms with Gasteiger partial charge in [0.25, 0.3) is 0 Å². The van der Waals surface area contributed by atoms with Crippen molar-refractivity contribution >= 4 is 27.6 Å². The maximum atomic E-state index is 14.2. The molecule has 0 aromatic heterocycles. The SMILES string of the molecule is [C-]#[N+]c1ccc(COc2ccc[c]([Sn]([CH2]CCC)([CH2]CCC)[CH2]CCC)c2)c(F)c1. The van der Waals surface area contributed by atoms with Gasteiger partial charge in [0, 0.05) is 0 Å². The maximum absolute atomic E-state index is 14.2. The monoisotopic (exact) mass is 517 g/mol. The third-order valence-corrected chi connectivity index (χ3v) is 21.6. The Morgan fingerprint density at radius 2 is 1.53 bits per heavy atom. The number of nitrogens with zero attached hydrogens (tertiary/aromatic N) is 1. The Morgan fingerprint density at radius 3 is 2.07 bits per heavy atom. The first-order valence-corrected chi connectivity index (χ1v) is 19.0. The molecule has 0 unspecified atom stereocenters. The molecule has 2 nitrogen and oxygen atoms in total. The molecule has 2 aromatic carbocycles. The number of halogens is 1. The Hall–Kier alpha value is -1.54. The van der Waals surface area contributed by atoms with Gasteiger partial charge in [0.1, 0.15) is 0 Å². The Bertz CT molecular complexity index is 808. The molecule has 0 aliphatic carbocycles. The van der Waals surface area contributed by atoms with Gasteiger partial charge in [0.15, 0.2) is 0 Å². The summed E-state index contributed by atoms with van der Waals surface area (Å²) in [7, 11) is 0. The second-order valence-electron chi connectivity index (χ2n) is 8.30. The van der Waals surface area contributed by atoms with E-state index in [1.54, 1.807) is 15.7 Å². The summed E-state index contributed by atoms with van der Waals surface area (Å²) in [6.45, 7) is 14.1. The molecule has 30 heavy (non-hydrogen) atoms. The van der Waals surface area contributed by atoms with Crippen molar-refractivity contribution in [1.29, 1.82) is 0 Å². The Labute approximate surface area is 186 Å². The molecule has 0 atom stereocenters. The Morgan fingerprint density at radius 1 is 0.900 bits per heavy atom. The van der Waals surface area contributed by atoms with Crippen molar-refractivity contribution < 1.29 is 9.13 Å². The van der Waals surface area contributed by atoms with Gasteiger partial charge in [-0.05, 0) is 0 Å². The predicted octanol–water partition coefficient (Wildman–Crippen LogP) is 8.01. The van der Waals surface area contributed by atoms with Gasteiger partial charge < -0.3 is 0 Å². The van der Waals surface area contributed by atoms with Crippen LogP contribution in [0.25, 0.3) is 4.85 Å². The van der Waals surface area contributed by atoms with Crippen LogP contribution < -0.4 is 8.32 Å². The third-order valence-electron chi connectivity index (χ3n) is 6.03. The molecule has 0 saturated carbocycles. The number of unbranched alkanes of at least 4 members (excludes halogenated alkanes) is 3. The fourth-order valence-corrected chi connectivity index (χ4v) is 20.2. The summed E-state index contributed by atoms with van der Waals surface area (Å²) in [4.78, 5) is 3.28. The fourth-order valence-electron chi connectivity index (χ4n) is 4.15. The first kappa shape index (κ1) is 24.7. The molecule has 2 aromatic rings. The van der Waals surface area contributed by atoms with Gasteiger partial charge in [-0.3, -0.25) is 0 Å². The van der Waals surface area contributed by atoms with E-state index < -0.39 is 18.4 Å². The number of benzene rings is 2. The molecule has 0 radical (unpaired) electrons. The summed E-state index contributed by atoms with van der Waals surface area (Å²) >= 11 is -2.50. The number of hydrogen-bond acceptors (Lipinski definition) is 1. The standard InChI is InChI=1S/C14H9FNO.3C4H9.Sn/c1-16-12-8-7-11(14(15)9-12)10-17-13-5-3-2-4-6-13;3*1-3-4-2;/h2-3,5-9H,10H2;3*1,3-4H2,2H3;. The van der Waals surface area contributed by atoms with Crippen LogP contribution in [0.1, 0.15) is 64.9 Å². The van der Waals surface area contributed by atoms with Crippen LogP contribution in [0.15, 0.2) is 42.5 Å². The van der Waals surface area contributed by atoms with Crippen LogP contribution in [0.2, 0.25) is 13.3 Å². The second-order valence-corrected chi connectivity index (χ2v) is 21.5. The zero-order chi connectivity index (χ0) is 21.8. The molecule has 0 fully saturated rings. The summed E-state index contributed by atoms with van der Waals surface area (Å²) in [6.07, 6.45) is 7.75. The van der Waals surface area contributed by atoms with Gasteiger partial charge in [0.05, 0.1) is 0 Å². The molecule has 4 heteroatoms. The van der Waals surface area contributed by atoms with E-state index in [4.69, 9.17) is 11.3 Å². The molecule has 0 amide bonds. The Balaban J connectivity index is 2.24. The van der Waals surface area contributed by atoms with Crippen LogP contribution in [0, 0.1) is 12.4 Å². The summed E-state index contributed by atoms with van der Waals surface area (Å²) in [5.41, 5.74) is 0.811. The van der Waals surface area contributed by atoms with E-state index in [0.717, 1.165) is 5.75 Å². The van der Waals surface area contributed by atoms with Gasteiger partial charge in [-0.25, -0.2) is 0 Å². The average molecular weight is 516 g/mol. The number of rotatable bonds is 13. The zero-order valence-corrected chi connectivity index (χ0v) is 21.7. The Kier molecular flexibility index (Phi) is 10.7. The van der Waals surface area contributed by atoms with E-state index in [1.807, 2.05) is 6.07 Å².